The van der Waals surface area contributed by atoms with E-state index < -0.39 is 5.66 Å². The van der Waals surface area contributed by atoms with Crippen LogP contribution in [0.1, 0.15) is 69.9 Å². The van der Waals surface area contributed by atoms with E-state index in [9.17, 15) is 4.79 Å². The Morgan fingerprint density at radius 2 is 1.56 bits per heavy atom. The minimum absolute atomic E-state index is 0.148. The van der Waals surface area contributed by atoms with E-state index in [2.05, 4.69) is 28.1 Å². The Balaban J connectivity index is 1.55. The highest BCUT2D eigenvalue weighted by Gasteiger charge is 2.52. The van der Waals surface area contributed by atoms with Crippen molar-refractivity contribution in [3.63, 3.8) is 0 Å². The number of hydrogen-bond donors (Lipinski definition) is 4. The minimum Gasteiger partial charge on any atom is -0.397 e. The summed E-state index contributed by atoms with van der Waals surface area (Å²) in [5.74, 6) is 0.171. The Bertz CT molecular complexity index is 906. The average Bonchev–Trinajstić information content (AvgIpc) is 3.21. The summed E-state index contributed by atoms with van der Waals surface area (Å²) in [6.07, 6.45) is 13.3. The number of carbonyl (C=O) groups excluding carboxylic acids is 1. The number of benzene rings is 1. The number of nitrogens with zero attached hydrogens (tertiary/aromatic N) is 1. The standard InChI is InChI=1S/C26H35N5O/c27-19-15-16-23(28-17-19)26(30-21-13-7-8-14-22(21)31-26)24(18-9-3-1-4-10-18)25(32)29-20-11-5-2-6-12-20/h7-8,13-18,20,24,30-31H,1-6,9-12,27H2,(H,29,32). The first-order valence-electron chi connectivity index (χ1n) is 12.3. The first-order valence-corrected chi connectivity index (χ1v) is 12.3. The van der Waals surface area contributed by atoms with Gasteiger partial charge in [-0.15, -0.1) is 0 Å². The lowest BCUT2D eigenvalue weighted by molar-refractivity contribution is -0.130. The molecule has 2 fully saturated rings. The quantitative estimate of drug-likeness (QED) is 0.533. The van der Waals surface area contributed by atoms with Crippen LogP contribution in [-0.2, 0) is 10.5 Å². The molecule has 170 valence electrons. The summed E-state index contributed by atoms with van der Waals surface area (Å²) in [7, 11) is 0. The van der Waals surface area contributed by atoms with Crippen LogP contribution in [0.15, 0.2) is 42.6 Å². The molecule has 1 amide bonds. The second kappa shape index (κ2) is 9.00. The van der Waals surface area contributed by atoms with Crippen molar-refractivity contribution in [2.75, 3.05) is 16.4 Å². The third-order valence-electron chi connectivity index (χ3n) is 7.60. The first-order chi connectivity index (χ1) is 15.7. The molecule has 2 heterocycles. The fraction of sp³-hybridized carbons (Fsp3) is 0.538. The number of hydrogen-bond acceptors (Lipinski definition) is 5. The van der Waals surface area contributed by atoms with Gasteiger partial charge in [-0.05, 0) is 55.9 Å². The molecule has 5 rings (SSSR count). The zero-order chi connectivity index (χ0) is 22.0. The zero-order valence-corrected chi connectivity index (χ0v) is 18.8. The molecule has 32 heavy (non-hydrogen) atoms. The van der Waals surface area contributed by atoms with E-state index in [-0.39, 0.29) is 17.9 Å². The highest BCUT2D eigenvalue weighted by Crippen LogP contribution is 2.48. The number of aromatic nitrogens is 1. The summed E-state index contributed by atoms with van der Waals surface area (Å²) in [6.45, 7) is 0. The molecule has 0 radical (unpaired) electrons. The number of pyridine rings is 1. The van der Waals surface area contributed by atoms with Gasteiger partial charge in [-0.2, -0.15) is 0 Å². The molecule has 1 aromatic carbocycles. The number of nitrogens with one attached hydrogen (secondary N) is 3. The van der Waals surface area contributed by atoms with Crippen molar-refractivity contribution in [2.45, 2.75) is 75.9 Å². The van der Waals surface area contributed by atoms with Crippen molar-refractivity contribution < 1.29 is 4.79 Å². The molecule has 5 N–H and O–H groups in total. The van der Waals surface area contributed by atoms with Gasteiger partial charge < -0.3 is 21.7 Å². The Hall–Kier alpha value is -2.76. The van der Waals surface area contributed by atoms with Gasteiger partial charge in [0.2, 0.25) is 5.91 Å². The molecule has 1 atom stereocenters. The normalized spacial score (nSPS) is 21.8. The number of anilines is 3. The monoisotopic (exact) mass is 433 g/mol. The molecule has 0 spiro atoms. The number of para-hydroxylation sites is 2. The maximum Gasteiger partial charge on any atom is 0.228 e. The number of amides is 1. The Morgan fingerprint density at radius 3 is 2.16 bits per heavy atom. The molecule has 3 aliphatic rings. The number of fused-ring (bicyclic) bond motifs is 1. The van der Waals surface area contributed by atoms with Crippen molar-refractivity contribution in [3.05, 3.63) is 48.3 Å². The molecule has 1 aliphatic heterocycles. The molecular weight excluding hydrogens is 398 g/mol. The number of rotatable bonds is 5. The summed E-state index contributed by atoms with van der Waals surface area (Å²) in [6, 6.07) is 12.3. The second-order valence-electron chi connectivity index (χ2n) is 9.80. The van der Waals surface area contributed by atoms with Crippen LogP contribution in [0.4, 0.5) is 17.1 Å². The molecule has 1 aromatic heterocycles. The molecule has 2 aromatic rings. The third kappa shape index (κ3) is 4.03. The van der Waals surface area contributed by atoms with Crippen LogP contribution in [0.25, 0.3) is 0 Å². The van der Waals surface area contributed by atoms with Crippen LogP contribution >= 0.6 is 0 Å². The fourth-order valence-electron chi connectivity index (χ4n) is 6.01. The lowest BCUT2D eigenvalue weighted by atomic mass is 9.72. The first kappa shape index (κ1) is 21.1. The van der Waals surface area contributed by atoms with Gasteiger partial charge in [-0.25, -0.2) is 0 Å². The van der Waals surface area contributed by atoms with Gasteiger partial charge >= 0.3 is 0 Å². The van der Waals surface area contributed by atoms with Crippen molar-refractivity contribution in [3.8, 4) is 0 Å². The second-order valence-corrected chi connectivity index (χ2v) is 9.80. The van der Waals surface area contributed by atoms with E-state index in [1.165, 1.54) is 38.5 Å². The van der Waals surface area contributed by atoms with Crippen LogP contribution in [0.3, 0.4) is 0 Å². The molecule has 6 heteroatoms. The maximum atomic E-state index is 14.1. The third-order valence-corrected chi connectivity index (χ3v) is 7.60. The van der Waals surface area contributed by atoms with Crippen molar-refractivity contribution in [2.24, 2.45) is 11.8 Å². The van der Waals surface area contributed by atoms with Gasteiger partial charge in [-0.3, -0.25) is 9.78 Å². The largest absolute Gasteiger partial charge is 0.397 e. The average molecular weight is 434 g/mol. The SMILES string of the molecule is Nc1ccc(C2(C(C(=O)NC3CCCCC3)C3CCCCC3)Nc3ccccc3N2)nc1. The van der Waals surface area contributed by atoms with Gasteiger partial charge in [-0.1, -0.05) is 50.7 Å². The predicted molar refractivity (Wildman–Crippen MR) is 129 cm³/mol. The fourth-order valence-corrected chi connectivity index (χ4v) is 6.01. The Kier molecular flexibility index (Phi) is 5.94. The smallest absolute Gasteiger partial charge is 0.228 e. The van der Waals surface area contributed by atoms with Crippen LogP contribution in [0.5, 0.6) is 0 Å². The summed E-state index contributed by atoms with van der Waals surface area (Å²) < 4.78 is 0. The van der Waals surface area contributed by atoms with Gasteiger partial charge in [0.25, 0.3) is 0 Å². The summed E-state index contributed by atoms with van der Waals surface area (Å²) in [5.41, 5.74) is 8.64. The zero-order valence-electron chi connectivity index (χ0n) is 18.8. The van der Waals surface area contributed by atoms with Crippen molar-refractivity contribution in [1.29, 1.82) is 0 Å². The van der Waals surface area contributed by atoms with Gasteiger partial charge in [0.1, 0.15) is 0 Å². The summed E-state index contributed by atoms with van der Waals surface area (Å²) >= 11 is 0. The van der Waals surface area contributed by atoms with Crippen molar-refractivity contribution >= 4 is 23.0 Å². The Morgan fingerprint density at radius 1 is 0.938 bits per heavy atom. The highest BCUT2D eigenvalue weighted by molar-refractivity contribution is 5.86. The van der Waals surface area contributed by atoms with Crippen LogP contribution in [0.2, 0.25) is 0 Å². The molecule has 0 saturated heterocycles. The maximum absolute atomic E-state index is 14.1. The summed E-state index contributed by atoms with van der Waals surface area (Å²) in [4.78, 5) is 18.8. The lowest BCUT2D eigenvalue weighted by Gasteiger charge is -2.43. The molecule has 0 bridgehead atoms. The topological polar surface area (TPSA) is 92.1 Å². The molecule has 1 unspecified atom stereocenters. The molecule has 2 saturated carbocycles. The predicted octanol–water partition coefficient (Wildman–Crippen LogP) is 5.00. The van der Waals surface area contributed by atoms with E-state index in [1.54, 1.807) is 6.20 Å². The van der Waals surface area contributed by atoms with E-state index >= 15 is 0 Å². The Labute approximate surface area is 190 Å². The van der Waals surface area contributed by atoms with Crippen LogP contribution in [-0.4, -0.2) is 16.9 Å². The highest BCUT2D eigenvalue weighted by atomic mass is 16.2. The van der Waals surface area contributed by atoms with Gasteiger partial charge in [0.05, 0.1) is 34.9 Å². The lowest BCUT2D eigenvalue weighted by Crippen LogP contribution is -2.57. The van der Waals surface area contributed by atoms with E-state index in [1.807, 2.05) is 24.3 Å². The number of nitrogens with two attached hydrogens (primary N) is 1. The molecule has 2 aliphatic carbocycles. The van der Waals surface area contributed by atoms with E-state index in [0.717, 1.165) is 42.8 Å². The number of carbonyl (C=O) groups is 1. The van der Waals surface area contributed by atoms with E-state index in [4.69, 9.17) is 10.7 Å². The summed E-state index contributed by atoms with van der Waals surface area (Å²) in [5, 5.41) is 10.9. The van der Waals surface area contributed by atoms with Gasteiger partial charge in [0.15, 0.2) is 5.66 Å². The minimum atomic E-state index is -0.794. The van der Waals surface area contributed by atoms with E-state index in [0.29, 0.717) is 11.6 Å². The van der Waals surface area contributed by atoms with Crippen LogP contribution < -0.4 is 21.7 Å². The van der Waals surface area contributed by atoms with Gasteiger partial charge in [0, 0.05) is 6.04 Å². The van der Waals surface area contributed by atoms with Crippen LogP contribution in [0, 0.1) is 11.8 Å². The number of nitrogen functional groups attached to an aromatic ring is 1. The molecule has 6 nitrogen and oxygen atoms in total. The molecular formula is C26H35N5O. The van der Waals surface area contributed by atoms with Crippen molar-refractivity contribution in [1.82, 2.24) is 10.3 Å².